The molecule has 18 heavy (non-hydrogen) atoms. The molecule has 0 bridgehead atoms. The second kappa shape index (κ2) is 6.35. The van der Waals surface area contributed by atoms with Gasteiger partial charge < -0.3 is 15.0 Å². The first-order chi connectivity index (χ1) is 8.81. The van der Waals surface area contributed by atoms with Gasteiger partial charge in [0, 0.05) is 38.1 Å². The number of amides is 1. The number of nitrogens with zero attached hydrogens (tertiary/aromatic N) is 2. The van der Waals surface area contributed by atoms with Crippen LogP contribution in [0.25, 0.3) is 0 Å². The van der Waals surface area contributed by atoms with Crippen molar-refractivity contribution >= 4 is 11.6 Å². The number of rotatable bonds is 3. The molecule has 5 heteroatoms. The average Bonchev–Trinajstić information content (AvgIpc) is 2.67. The van der Waals surface area contributed by atoms with Gasteiger partial charge in [-0.2, -0.15) is 0 Å². The van der Waals surface area contributed by atoms with Crippen LogP contribution in [0.5, 0.6) is 0 Å². The molecule has 0 atom stereocenters. The van der Waals surface area contributed by atoms with E-state index >= 15 is 0 Å². The van der Waals surface area contributed by atoms with Crippen LogP contribution < -0.4 is 5.32 Å². The van der Waals surface area contributed by atoms with Crippen LogP contribution in [0.2, 0.25) is 0 Å². The summed E-state index contributed by atoms with van der Waals surface area (Å²) in [6.45, 7) is 5.58. The minimum absolute atomic E-state index is 0.0137. The van der Waals surface area contributed by atoms with E-state index in [4.69, 9.17) is 4.74 Å². The summed E-state index contributed by atoms with van der Waals surface area (Å²) < 4.78 is 5.35. The van der Waals surface area contributed by atoms with Gasteiger partial charge in [-0.25, -0.2) is 0 Å². The molecular formula is C13H19N3O2. The molecule has 1 aliphatic heterocycles. The largest absolute Gasteiger partial charge is 0.385 e. The van der Waals surface area contributed by atoms with Gasteiger partial charge in [-0.3, -0.25) is 9.78 Å². The predicted molar refractivity (Wildman–Crippen MR) is 69.7 cm³/mol. The Balaban J connectivity index is 2.09. The van der Waals surface area contributed by atoms with Crippen molar-refractivity contribution in [3.05, 3.63) is 24.0 Å². The summed E-state index contributed by atoms with van der Waals surface area (Å²) in [7, 11) is 0. The van der Waals surface area contributed by atoms with Crippen molar-refractivity contribution in [2.24, 2.45) is 0 Å². The highest BCUT2D eigenvalue weighted by atomic mass is 16.5. The summed E-state index contributed by atoms with van der Waals surface area (Å²) in [5, 5.41) is 3.18. The van der Waals surface area contributed by atoms with Crippen LogP contribution in [0, 0.1) is 0 Å². The molecule has 1 N–H and O–H groups in total. The van der Waals surface area contributed by atoms with Crippen LogP contribution in [0.1, 0.15) is 23.8 Å². The molecule has 0 unspecified atom stereocenters. The molecule has 0 aliphatic carbocycles. The van der Waals surface area contributed by atoms with Crippen molar-refractivity contribution < 1.29 is 9.53 Å². The molecule has 1 amide bonds. The molecule has 1 aromatic rings. The van der Waals surface area contributed by atoms with Gasteiger partial charge in [-0.05, 0) is 25.5 Å². The monoisotopic (exact) mass is 249 g/mol. The van der Waals surface area contributed by atoms with E-state index in [0.717, 1.165) is 31.8 Å². The fourth-order valence-electron chi connectivity index (χ4n) is 1.97. The van der Waals surface area contributed by atoms with Crippen molar-refractivity contribution in [1.82, 2.24) is 9.88 Å². The van der Waals surface area contributed by atoms with E-state index in [1.54, 1.807) is 12.3 Å². The lowest BCUT2D eigenvalue weighted by molar-refractivity contribution is 0.0735. The van der Waals surface area contributed by atoms with Crippen molar-refractivity contribution in [3.8, 4) is 0 Å². The molecule has 1 aliphatic rings. The van der Waals surface area contributed by atoms with E-state index < -0.39 is 0 Å². The van der Waals surface area contributed by atoms with Gasteiger partial charge in [-0.15, -0.1) is 0 Å². The van der Waals surface area contributed by atoms with Gasteiger partial charge in [-0.1, -0.05) is 0 Å². The first-order valence-electron chi connectivity index (χ1n) is 6.38. The number of hydrogen-bond acceptors (Lipinski definition) is 4. The molecule has 0 radical (unpaired) electrons. The quantitative estimate of drug-likeness (QED) is 0.879. The smallest absolute Gasteiger partial charge is 0.272 e. The molecular weight excluding hydrogens is 230 g/mol. The Morgan fingerprint density at radius 3 is 3.22 bits per heavy atom. The molecule has 98 valence electrons. The van der Waals surface area contributed by atoms with E-state index in [9.17, 15) is 4.79 Å². The third kappa shape index (κ3) is 3.20. The zero-order chi connectivity index (χ0) is 12.8. The van der Waals surface area contributed by atoms with Crippen LogP contribution in [0.3, 0.4) is 0 Å². The zero-order valence-electron chi connectivity index (χ0n) is 10.7. The normalized spacial score (nSPS) is 16.2. The van der Waals surface area contributed by atoms with Crippen LogP contribution in [-0.2, 0) is 4.74 Å². The molecule has 2 rings (SSSR count). The molecule has 5 nitrogen and oxygen atoms in total. The van der Waals surface area contributed by atoms with Gasteiger partial charge in [0.05, 0.1) is 6.61 Å². The van der Waals surface area contributed by atoms with E-state index in [0.29, 0.717) is 18.8 Å². The zero-order valence-corrected chi connectivity index (χ0v) is 10.7. The van der Waals surface area contributed by atoms with Crippen LogP contribution in [0.15, 0.2) is 18.3 Å². The SMILES string of the molecule is CCNc1ccnc(C(=O)N2CCCOCC2)c1. The number of pyridine rings is 1. The second-order valence-electron chi connectivity index (χ2n) is 4.22. The Kier molecular flexibility index (Phi) is 4.52. The highest BCUT2D eigenvalue weighted by molar-refractivity contribution is 5.93. The number of nitrogens with one attached hydrogen (secondary N) is 1. The summed E-state index contributed by atoms with van der Waals surface area (Å²) in [6, 6.07) is 3.67. The Labute approximate surface area is 107 Å². The molecule has 0 spiro atoms. The maximum Gasteiger partial charge on any atom is 0.272 e. The third-order valence-corrected chi connectivity index (χ3v) is 2.87. The topological polar surface area (TPSA) is 54.5 Å². The van der Waals surface area contributed by atoms with Crippen molar-refractivity contribution in [2.75, 3.05) is 38.2 Å². The molecule has 1 fully saturated rings. The summed E-state index contributed by atoms with van der Waals surface area (Å²) in [6.07, 6.45) is 2.55. The standard InChI is InChI=1S/C13H19N3O2/c1-2-14-11-4-5-15-12(10-11)13(17)16-6-3-8-18-9-7-16/h4-5,10H,2-3,6-9H2,1H3,(H,14,15). The lowest BCUT2D eigenvalue weighted by Gasteiger charge is -2.19. The van der Waals surface area contributed by atoms with Crippen molar-refractivity contribution in [1.29, 1.82) is 0 Å². The lowest BCUT2D eigenvalue weighted by atomic mass is 10.2. The maximum absolute atomic E-state index is 12.3. The first kappa shape index (κ1) is 12.8. The number of aromatic nitrogens is 1. The van der Waals surface area contributed by atoms with E-state index in [-0.39, 0.29) is 5.91 Å². The van der Waals surface area contributed by atoms with Crippen LogP contribution >= 0.6 is 0 Å². The summed E-state index contributed by atoms with van der Waals surface area (Å²) in [4.78, 5) is 18.3. The Bertz CT molecular complexity index is 401. The molecule has 1 saturated heterocycles. The number of hydrogen-bond donors (Lipinski definition) is 1. The van der Waals surface area contributed by atoms with Gasteiger partial charge >= 0.3 is 0 Å². The lowest BCUT2D eigenvalue weighted by Crippen LogP contribution is -2.33. The molecule has 2 heterocycles. The summed E-state index contributed by atoms with van der Waals surface area (Å²) >= 11 is 0. The van der Waals surface area contributed by atoms with Crippen molar-refractivity contribution in [3.63, 3.8) is 0 Å². The number of carbonyl (C=O) groups is 1. The molecule has 1 aromatic heterocycles. The van der Waals surface area contributed by atoms with E-state index in [2.05, 4.69) is 10.3 Å². The van der Waals surface area contributed by atoms with Crippen LogP contribution in [0.4, 0.5) is 5.69 Å². The highest BCUT2D eigenvalue weighted by Crippen LogP contribution is 2.11. The minimum Gasteiger partial charge on any atom is -0.385 e. The molecule has 0 aromatic carbocycles. The second-order valence-corrected chi connectivity index (χ2v) is 4.22. The Hall–Kier alpha value is -1.62. The van der Waals surface area contributed by atoms with Gasteiger partial charge in [0.25, 0.3) is 5.91 Å². The summed E-state index contributed by atoms with van der Waals surface area (Å²) in [5.41, 5.74) is 1.43. The average molecular weight is 249 g/mol. The fraction of sp³-hybridized carbons (Fsp3) is 0.538. The predicted octanol–water partition coefficient (Wildman–Crippen LogP) is 1.38. The minimum atomic E-state index is -0.0137. The number of anilines is 1. The maximum atomic E-state index is 12.3. The number of ether oxygens (including phenoxy) is 1. The number of carbonyl (C=O) groups excluding carboxylic acids is 1. The van der Waals surface area contributed by atoms with Crippen LogP contribution in [-0.4, -0.2) is 48.6 Å². The third-order valence-electron chi connectivity index (χ3n) is 2.87. The van der Waals surface area contributed by atoms with E-state index in [1.807, 2.05) is 17.9 Å². The van der Waals surface area contributed by atoms with E-state index in [1.165, 1.54) is 0 Å². The van der Waals surface area contributed by atoms with Gasteiger partial charge in [0.1, 0.15) is 5.69 Å². The fourth-order valence-corrected chi connectivity index (χ4v) is 1.97. The summed E-state index contributed by atoms with van der Waals surface area (Å²) in [5.74, 6) is -0.0137. The van der Waals surface area contributed by atoms with Gasteiger partial charge in [0.2, 0.25) is 0 Å². The Morgan fingerprint density at radius 1 is 1.50 bits per heavy atom. The molecule has 0 saturated carbocycles. The highest BCUT2D eigenvalue weighted by Gasteiger charge is 2.18. The van der Waals surface area contributed by atoms with Gasteiger partial charge in [0.15, 0.2) is 0 Å². The Morgan fingerprint density at radius 2 is 2.39 bits per heavy atom. The van der Waals surface area contributed by atoms with Crippen molar-refractivity contribution in [2.45, 2.75) is 13.3 Å². The first-order valence-corrected chi connectivity index (χ1v) is 6.38.